The number of likely N-dealkylation sites (tertiary alicyclic amines) is 1. The zero-order valence-corrected chi connectivity index (χ0v) is 20.9. The lowest BCUT2D eigenvalue weighted by molar-refractivity contribution is 0.0964. The van der Waals surface area contributed by atoms with Gasteiger partial charge in [-0.15, -0.1) is 0 Å². The van der Waals surface area contributed by atoms with Gasteiger partial charge in [0.1, 0.15) is 0 Å². The topological polar surface area (TPSA) is 90.7 Å². The summed E-state index contributed by atoms with van der Waals surface area (Å²) < 4.78 is 0. The molecule has 5 rings (SSSR count). The van der Waals surface area contributed by atoms with Crippen molar-refractivity contribution in [2.75, 3.05) is 36.4 Å². The summed E-state index contributed by atoms with van der Waals surface area (Å²) in [5, 5.41) is 7.01. The van der Waals surface area contributed by atoms with E-state index in [1.807, 2.05) is 48.5 Å². The van der Waals surface area contributed by atoms with Gasteiger partial charge < -0.3 is 26.2 Å². The van der Waals surface area contributed by atoms with E-state index < -0.39 is 5.91 Å². The van der Waals surface area contributed by atoms with Crippen LogP contribution in [0.1, 0.15) is 45.5 Å². The highest BCUT2D eigenvalue weighted by atomic mass is 35.5. The lowest BCUT2D eigenvalue weighted by Gasteiger charge is -2.32. The molecule has 7 nitrogen and oxygen atoms in total. The number of halogens is 1. The fourth-order valence-corrected chi connectivity index (χ4v) is 5.18. The Morgan fingerprint density at radius 2 is 1.75 bits per heavy atom. The largest absolute Gasteiger partial charge is 0.366 e. The molecule has 36 heavy (non-hydrogen) atoms. The molecule has 4 N–H and O–H groups in total. The highest BCUT2D eigenvalue weighted by Crippen LogP contribution is 2.38. The monoisotopic (exact) mass is 503 g/mol. The predicted octanol–water partition coefficient (Wildman–Crippen LogP) is 5.05. The Morgan fingerprint density at radius 1 is 1.00 bits per heavy atom. The Hall–Kier alpha value is -3.55. The lowest BCUT2D eigenvalue weighted by Crippen LogP contribution is -2.36. The zero-order chi connectivity index (χ0) is 25.1. The maximum atomic E-state index is 13.1. The van der Waals surface area contributed by atoms with Gasteiger partial charge in [-0.1, -0.05) is 30.2 Å². The van der Waals surface area contributed by atoms with Crippen molar-refractivity contribution in [1.29, 1.82) is 0 Å². The normalized spacial score (nSPS) is 15.3. The van der Waals surface area contributed by atoms with E-state index in [-0.39, 0.29) is 5.91 Å². The minimum absolute atomic E-state index is 0.0977. The first-order chi connectivity index (χ1) is 17.5. The number of rotatable bonds is 8. The quantitative estimate of drug-likeness (QED) is 0.400. The zero-order valence-electron chi connectivity index (χ0n) is 20.1. The Morgan fingerprint density at radius 3 is 2.47 bits per heavy atom. The van der Waals surface area contributed by atoms with Crippen molar-refractivity contribution in [3.05, 3.63) is 82.4 Å². The first kappa shape index (κ1) is 24.2. The third-order valence-corrected chi connectivity index (χ3v) is 7.26. The molecule has 186 valence electrons. The summed E-state index contributed by atoms with van der Waals surface area (Å²) in [4.78, 5) is 29.3. The van der Waals surface area contributed by atoms with Crippen LogP contribution >= 0.6 is 11.6 Å². The van der Waals surface area contributed by atoms with Crippen LogP contribution in [0.3, 0.4) is 0 Å². The SMILES string of the molecule is NC(=O)c1ccc(N(CCN2CCCCC2)c2ccc(Nc3ccccc3Cl)c3c2C(=O)NC3)cc1. The average molecular weight is 504 g/mol. The summed E-state index contributed by atoms with van der Waals surface area (Å²) >= 11 is 6.37. The molecule has 0 spiro atoms. The third-order valence-electron chi connectivity index (χ3n) is 6.93. The van der Waals surface area contributed by atoms with E-state index in [4.69, 9.17) is 17.3 Å². The highest BCUT2D eigenvalue weighted by Gasteiger charge is 2.29. The minimum atomic E-state index is -0.461. The number of carbonyl (C=O) groups excluding carboxylic acids is 2. The van der Waals surface area contributed by atoms with Gasteiger partial charge in [0.25, 0.3) is 5.91 Å². The molecule has 0 atom stereocenters. The number of anilines is 4. The molecule has 2 aliphatic heterocycles. The Balaban J connectivity index is 1.52. The van der Waals surface area contributed by atoms with Crippen LogP contribution < -0.4 is 21.3 Å². The van der Waals surface area contributed by atoms with Gasteiger partial charge >= 0.3 is 0 Å². The van der Waals surface area contributed by atoms with Crippen molar-refractivity contribution in [2.24, 2.45) is 5.73 Å². The lowest BCUT2D eigenvalue weighted by atomic mass is 10.0. The minimum Gasteiger partial charge on any atom is -0.366 e. The molecule has 2 aliphatic rings. The third kappa shape index (κ3) is 5.03. The number of fused-ring (bicyclic) bond motifs is 1. The molecular formula is C28H30ClN5O2. The molecule has 3 aromatic carbocycles. The summed E-state index contributed by atoms with van der Waals surface area (Å²) in [5.74, 6) is -0.559. The molecule has 0 unspecified atom stereocenters. The van der Waals surface area contributed by atoms with Crippen LogP contribution in [0.4, 0.5) is 22.7 Å². The molecule has 1 saturated heterocycles. The number of nitrogens with two attached hydrogens (primary N) is 1. The summed E-state index contributed by atoms with van der Waals surface area (Å²) in [6.45, 7) is 4.22. The van der Waals surface area contributed by atoms with E-state index >= 15 is 0 Å². The molecule has 2 amide bonds. The van der Waals surface area contributed by atoms with Crippen molar-refractivity contribution in [2.45, 2.75) is 25.8 Å². The van der Waals surface area contributed by atoms with Gasteiger partial charge in [0.05, 0.1) is 22.0 Å². The highest BCUT2D eigenvalue weighted by molar-refractivity contribution is 6.33. The second kappa shape index (κ2) is 10.6. The molecule has 0 radical (unpaired) electrons. The van der Waals surface area contributed by atoms with Crippen LogP contribution in [0.2, 0.25) is 5.02 Å². The van der Waals surface area contributed by atoms with Gasteiger partial charge in [0.2, 0.25) is 5.91 Å². The number of nitrogens with one attached hydrogen (secondary N) is 2. The first-order valence-corrected chi connectivity index (χ1v) is 12.7. The number of nitrogens with zero attached hydrogens (tertiary/aromatic N) is 2. The number of hydrogen-bond donors (Lipinski definition) is 3. The standard InChI is InChI=1S/C28H30ClN5O2/c29-22-6-2-3-7-24(22)32-23-12-13-25(26-21(23)18-31-28(26)36)34(17-16-33-14-4-1-5-15-33)20-10-8-19(9-11-20)27(30)35/h2-3,6-13,32H,1,4-5,14-18H2,(H2,30,35)(H,31,36). The molecule has 0 bridgehead atoms. The van der Waals surface area contributed by atoms with Crippen molar-refractivity contribution in [3.63, 3.8) is 0 Å². The van der Waals surface area contributed by atoms with E-state index in [9.17, 15) is 9.59 Å². The van der Waals surface area contributed by atoms with Crippen molar-refractivity contribution < 1.29 is 9.59 Å². The van der Waals surface area contributed by atoms with Crippen LogP contribution in [-0.4, -0.2) is 42.9 Å². The fourth-order valence-electron chi connectivity index (χ4n) is 5.00. The number of amides is 2. The van der Waals surface area contributed by atoms with Crippen LogP contribution in [0.15, 0.2) is 60.7 Å². The van der Waals surface area contributed by atoms with Crippen LogP contribution in [-0.2, 0) is 6.54 Å². The number of carbonyl (C=O) groups is 2. The molecule has 1 fully saturated rings. The van der Waals surface area contributed by atoms with Crippen LogP contribution in [0, 0.1) is 0 Å². The summed E-state index contributed by atoms with van der Waals surface area (Å²) in [7, 11) is 0. The molecule has 2 heterocycles. The maximum absolute atomic E-state index is 13.1. The first-order valence-electron chi connectivity index (χ1n) is 12.4. The van der Waals surface area contributed by atoms with E-state index in [1.54, 1.807) is 12.1 Å². The molecular weight excluding hydrogens is 474 g/mol. The fraction of sp³-hybridized carbons (Fsp3) is 0.286. The van der Waals surface area contributed by atoms with Gasteiger partial charge in [-0.2, -0.15) is 0 Å². The van der Waals surface area contributed by atoms with E-state index in [1.165, 1.54) is 19.3 Å². The predicted molar refractivity (Wildman–Crippen MR) is 145 cm³/mol. The number of hydrogen-bond acceptors (Lipinski definition) is 5. The summed E-state index contributed by atoms with van der Waals surface area (Å²) in [5.41, 5.74) is 10.9. The maximum Gasteiger partial charge on any atom is 0.254 e. The van der Waals surface area contributed by atoms with E-state index in [0.29, 0.717) is 29.2 Å². The number of primary amides is 1. The van der Waals surface area contributed by atoms with Crippen LogP contribution in [0.25, 0.3) is 0 Å². The Labute approximate surface area is 216 Å². The van der Waals surface area contributed by atoms with Gasteiger partial charge in [-0.3, -0.25) is 9.59 Å². The van der Waals surface area contributed by atoms with Crippen molar-refractivity contribution in [3.8, 4) is 0 Å². The summed E-state index contributed by atoms with van der Waals surface area (Å²) in [6.07, 6.45) is 3.71. The second-order valence-electron chi connectivity index (χ2n) is 9.24. The smallest absolute Gasteiger partial charge is 0.254 e. The molecule has 0 saturated carbocycles. The Kier molecular flexibility index (Phi) is 7.11. The Bertz CT molecular complexity index is 1270. The molecule has 8 heteroatoms. The van der Waals surface area contributed by atoms with E-state index in [0.717, 1.165) is 47.9 Å². The van der Waals surface area contributed by atoms with Gasteiger partial charge in [-0.25, -0.2) is 0 Å². The molecule has 0 aromatic heterocycles. The molecule has 0 aliphatic carbocycles. The number of piperidine rings is 1. The van der Waals surface area contributed by atoms with E-state index in [2.05, 4.69) is 20.4 Å². The number of para-hydroxylation sites is 1. The summed E-state index contributed by atoms with van der Waals surface area (Å²) in [6, 6.07) is 18.8. The number of benzene rings is 3. The second-order valence-corrected chi connectivity index (χ2v) is 9.65. The molecule has 3 aromatic rings. The van der Waals surface area contributed by atoms with Crippen LogP contribution in [0.5, 0.6) is 0 Å². The van der Waals surface area contributed by atoms with Gasteiger partial charge in [-0.05, 0) is 74.5 Å². The van der Waals surface area contributed by atoms with Gasteiger partial charge in [0, 0.05) is 42.1 Å². The van der Waals surface area contributed by atoms with Crippen molar-refractivity contribution >= 4 is 46.2 Å². The van der Waals surface area contributed by atoms with Crippen molar-refractivity contribution in [1.82, 2.24) is 10.2 Å². The van der Waals surface area contributed by atoms with Gasteiger partial charge in [0.15, 0.2) is 0 Å². The average Bonchev–Trinajstić information content (AvgIpc) is 3.29.